The Bertz CT molecular complexity index is 536. The van der Waals surface area contributed by atoms with Crippen LogP contribution in [0.25, 0.3) is 0 Å². The van der Waals surface area contributed by atoms with Crippen LogP contribution < -0.4 is 5.32 Å². The summed E-state index contributed by atoms with van der Waals surface area (Å²) in [5.41, 5.74) is -0.517. The molecule has 3 fully saturated rings. The number of rotatable bonds is 2. The van der Waals surface area contributed by atoms with Crippen molar-refractivity contribution in [2.24, 2.45) is 5.92 Å². The normalized spacial score (nSPS) is 30.8. The van der Waals surface area contributed by atoms with Crippen LogP contribution in [0.2, 0.25) is 0 Å². The maximum Gasteiger partial charge on any atom is 0.516 e. The summed E-state index contributed by atoms with van der Waals surface area (Å²) >= 11 is 0. The number of ether oxygens (including phenoxy) is 2. The number of hydrogen-bond donors (Lipinski definition) is 1. The lowest BCUT2D eigenvalue weighted by atomic mass is 9.90. The van der Waals surface area contributed by atoms with Crippen molar-refractivity contribution in [3.8, 4) is 0 Å². The van der Waals surface area contributed by atoms with Crippen molar-refractivity contribution in [3.05, 3.63) is 0 Å². The third-order valence-electron chi connectivity index (χ3n) is 6.09. The minimum absolute atomic E-state index is 0.0979. The van der Waals surface area contributed by atoms with Crippen molar-refractivity contribution in [2.75, 3.05) is 52.5 Å². The SMILES string of the molecule is CC(C)(C)OC(=O)[N+]1(C2CCNCC2)CCC[C@@H](C(=O)N2CCOCC2)C1. The Morgan fingerprint density at radius 3 is 2.41 bits per heavy atom. The Labute approximate surface area is 162 Å². The molecule has 0 bridgehead atoms. The Hall–Kier alpha value is -1.18. The highest BCUT2D eigenvalue weighted by atomic mass is 16.6. The number of carbonyl (C=O) groups excluding carboxylic acids is 2. The largest absolute Gasteiger partial charge is 0.516 e. The van der Waals surface area contributed by atoms with E-state index in [2.05, 4.69) is 5.32 Å². The molecular weight excluding hydrogens is 346 g/mol. The molecule has 3 rings (SSSR count). The van der Waals surface area contributed by atoms with Gasteiger partial charge in [-0.25, -0.2) is 4.48 Å². The molecule has 0 aromatic rings. The van der Waals surface area contributed by atoms with E-state index in [9.17, 15) is 9.59 Å². The van der Waals surface area contributed by atoms with Gasteiger partial charge in [0.05, 0.1) is 25.7 Å². The minimum atomic E-state index is -0.517. The molecule has 0 saturated carbocycles. The monoisotopic (exact) mass is 382 g/mol. The number of quaternary nitrogens is 1. The maximum absolute atomic E-state index is 13.4. The highest BCUT2D eigenvalue weighted by Crippen LogP contribution is 2.34. The molecule has 0 aromatic carbocycles. The molecule has 3 saturated heterocycles. The summed E-state index contributed by atoms with van der Waals surface area (Å²) in [5, 5.41) is 3.39. The van der Waals surface area contributed by atoms with Gasteiger partial charge in [-0.05, 0) is 33.6 Å². The van der Waals surface area contributed by atoms with Crippen molar-refractivity contribution in [3.63, 3.8) is 0 Å². The molecule has 3 aliphatic heterocycles. The average Bonchev–Trinajstić information content (AvgIpc) is 2.67. The van der Waals surface area contributed by atoms with Crippen molar-refractivity contribution in [2.45, 2.75) is 58.1 Å². The second kappa shape index (κ2) is 8.45. The summed E-state index contributed by atoms with van der Waals surface area (Å²) in [5.74, 6) is 0.0947. The highest BCUT2D eigenvalue weighted by Gasteiger charge is 2.52. The molecule has 2 atom stereocenters. The Kier molecular flexibility index (Phi) is 6.43. The van der Waals surface area contributed by atoms with Crippen LogP contribution in [-0.2, 0) is 14.3 Å². The van der Waals surface area contributed by atoms with Crippen LogP contribution >= 0.6 is 0 Å². The fraction of sp³-hybridized carbons (Fsp3) is 0.900. The quantitative estimate of drug-likeness (QED) is 0.737. The molecular formula is C20H36N3O4+. The number of piperidine rings is 2. The zero-order chi connectivity index (χ0) is 19.5. The molecule has 3 heterocycles. The standard InChI is InChI=1S/C20H36N3O4/c1-20(2,3)27-19(25)23(17-6-8-21-9-7-17)12-4-5-16(15-23)18(24)22-10-13-26-14-11-22/h16-17,21H,4-15H2,1-3H3/q+1/t16-,23?/m1/s1. The van der Waals surface area contributed by atoms with Crippen LogP contribution in [0, 0.1) is 5.92 Å². The van der Waals surface area contributed by atoms with Gasteiger partial charge in [-0.15, -0.1) is 0 Å². The van der Waals surface area contributed by atoms with Crippen molar-refractivity contribution in [1.29, 1.82) is 0 Å². The van der Waals surface area contributed by atoms with E-state index in [1.807, 2.05) is 25.7 Å². The molecule has 154 valence electrons. The van der Waals surface area contributed by atoms with E-state index in [4.69, 9.17) is 9.47 Å². The lowest BCUT2D eigenvalue weighted by molar-refractivity contribution is -0.891. The number of morpholine rings is 1. The van der Waals surface area contributed by atoms with Crippen LogP contribution in [0.1, 0.15) is 46.5 Å². The second-order valence-corrected chi connectivity index (χ2v) is 9.18. The first kappa shape index (κ1) is 20.6. The highest BCUT2D eigenvalue weighted by molar-refractivity contribution is 5.79. The molecule has 27 heavy (non-hydrogen) atoms. The number of hydrogen-bond acceptors (Lipinski definition) is 5. The summed E-state index contributed by atoms with van der Waals surface area (Å²) in [6.45, 7) is 11.5. The molecule has 0 aromatic heterocycles. The van der Waals surface area contributed by atoms with Gasteiger partial charge in [-0.3, -0.25) is 4.79 Å². The Morgan fingerprint density at radius 1 is 1.11 bits per heavy atom. The third-order valence-corrected chi connectivity index (χ3v) is 6.09. The van der Waals surface area contributed by atoms with E-state index >= 15 is 0 Å². The number of nitrogens with one attached hydrogen (secondary N) is 1. The molecule has 7 nitrogen and oxygen atoms in total. The van der Waals surface area contributed by atoms with E-state index in [0.717, 1.165) is 45.3 Å². The average molecular weight is 383 g/mol. The van der Waals surface area contributed by atoms with Crippen LogP contribution in [0.4, 0.5) is 4.79 Å². The molecule has 0 spiro atoms. The number of likely N-dealkylation sites (tertiary alicyclic amines) is 1. The van der Waals surface area contributed by atoms with Gasteiger partial charge >= 0.3 is 6.09 Å². The number of amides is 2. The molecule has 1 unspecified atom stereocenters. The van der Waals surface area contributed by atoms with Crippen LogP contribution in [-0.4, -0.2) is 85.5 Å². The van der Waals surface area contributed by atoms with E-state index in [0.29, 0.717) is 37.3 Å². The first-order valence-electron chi connectivity index (χ1n) is 10.5. The topological polar surface area (TPSA) is 67.9 Å². The van der Waals surface area contributed by atoms with E-state index in [1.165, 1.54) is 0 Å². The van der Waals surface area contributed by atoms with Gasteiger partial charge in [0.25, 0.3) is 0 Å². The van der Waals surface area contributed by atoms with Gasteiger partial charge in [0.15, 0.2) is 0 Å². The summed E-state index contributed by atoms with van der Waals surface area (Å²) in [4.78, 5) is 28.4. The van der Waals surface area contributed by atoms with Crippen molar-refractivity contribution < 1.29 is 23.5 Å². The number of carbonyl (C=O) groups is 2. The summed E-state index contributed by atoms with van der Waals surface area (Å²) in [6.07, 6.45) is 3.53. The fourth-order valence-corrected chi connectivity index (χ4v) is 4.74. The smallest absolute Gasteiger partial charge is 0.414 e. The molecule has 3 aliphatic rings. The van der Waals surface area contributed by atoms with Crippen molar-refractivity contribution in [1.82, 2.24) is 10.2 Å². The van der Waals surface area contributed by atoms with Gasteiger partial charge in [-0.2, -0.15) is 4.79 Å². The van der Waals surface area contributed by atoms with Crippen LogP contribution in [0.15, 0.2) is 0 Å². The zero-order valence-electron chi connectivity index (χ0n) is 17.2. The maximum atomic E-state index is 13.4. The first-order valence-corrected chi connectivity index (χ1v) is 10.5. The fourth-order valence-electron chi connectivity index (χ4n) is 4.74. The predicted octanol–water partition coefficient (Wildman–Crippen LogP) is 1.76. The van der Waals surface area contributed by atoms with Gasteiger partial charge < -0.3 is 19.7 Å². The predicted molar refractivity (Wildman–Crippen MR) is 102 cm³/mol. The lowest BCUT2D eigenvalue weighted by Gasteiger charge is -2.48. The van der Waals surface area contributed by atoms with Gasteiger partial charge in [0, 0.05) is 39.0 Å². The van der Waals surface area contributed by atoms with Crippen LogP contribution in [0.5, 0.6) is 0 Å². The molecule has 0 aliphatic carbocycles. The lowest BCUT2D eigenvalue weighted by Crippen LogP contribution is -2.67. The summed E-state index contributed by atoms with van der Waals surface area (Å²) in [6, 6.07) is 0.237. The third kappa shape index (κ3) is 4.81. The van der Waals surface area contributed by atoms with Gasteiger partial charge in [0.2, 0.25) is 5.91 Å². The summed E-state index contributed by atoms with van der Waals surface area (Å²) in [7, 11) is 0. The van der Waals surface area contributed by atoms with E-state index in [1.54, 1.807) is 0 Å². The second-order valence-electron chi connectivity index (χ2n) is 9.18. The van der Waals surface area contributed by atoms with Gasteiger partial charge in [0.1, 0.15) is 18.2 Å². The summed E-state index contributed by atoms with van der Waals surface area (Å²) < 4.78 is 11.6. The molecule has 2 amide bonds. The zero-order valence-corrected chi connectivity index (χ0v) is 17.2. The molecule has 0 radical (unpaired) electrons. The minimum Gasteiger partial charge on any atom is -0.414 e. The van der Waals surface area contributed by atoms with E-state index < -0.39 is 5.60 Å². The first-order chi connectivity index (χ1) is 12.8. The molecule has 1 N–H and O–H groups in total. The Balaban J connectivity index is 1.80. The number of nitrogens with zero attached hydrogens (tertiary/aromatic N) is 2. The van der Waals surface area contributed by atoms with Crippen molar-refractivity contribution >= 4 is 12.0 Å². The Morgan fingerprint density at radius 2 is 1.78 bits per heavy atom. The van der Waals surface area contributed by atoms with Gasteiger partial charge in [-0.1, -0.05) is 0 Å². The van der Waals surface area contributed by atoms with E-state index in [-0.39, 0.29) is 24.0 Å². The molecule has 7 heteroatoms. The van der Waals surface area contributed by atoms with Crippen LogP contribution in [0.3, 0.4) is 0 Å².